The van der Waals surface area contributed by atoms with Gasteiger partial charge in [0.25, 0.3) is 0 Å². The van der Waals surface area contributed by atoms with Crippen molar-refractivity contribution in [1.82, 2.24) is 0 Å². The van der Waals surface area contributed by atoms with Crippen molar-refractivity contribution in [2.24, 2.45) is 0 Å². The molecule has 1 rings (SSSR count). The Morgan fingerprint density at radius 2 is 2.14 bits per heavy atom. The minimum absolute atomic E-state index is 0.326. The van der Waals surface area contributed by atoms with Crippen molar-refractivity contribution in [2.75, 3.05) is 0 Å². The molecule has 1 saturated carbocycles. The fourth-order valence-corrected chi connectivity index (χ4v) is 0.923. The fraction of sp³-hybridized carbons (Fsp3) is 1.00. The van der Waals surface area contributed by atoms with E-state index < -0.39 is 5.67 Å². The van der Waals surface area contributed by atoms with E-state index in [-0.39, 0.29) is 6.10 Å². The lowest BCUT2D eigenvalue weighted by molar-refractivity contribution is -0.0436. The minimum atomic E-state index is -1.06. The number of halogens is 1. The summed E-state index contributed by atoms with van der Waals surface area (Å²) in [6.07, 6.45) is 0.287. The van der Waals surface area contributed by atoms with Gasteiger partial charge in [-0.1, -0.05) is 0 Å². The van der Waals surface area contributed by atoms with Crippen molar-refractivity contribution in [2.45, 2.75) is 31.5 Å². The first-order valence-electron chi connectivity index (χ1n) is 2.47. The van der Waals surface area contributed by atoms with Crippen LogP contribution in [0.2, 0.25) is 0 Å². The van der Waals surface area contributed by atoms with Gasteiger partial charge in [0.1, 0.15) is 5.67 Å². The van der Waals surface area contributed by atoms with E-state index in [1.807, 2.05) is 0 Å². The molecule has 0 aliphatic heterocycles. The molecular formula is C5H9FO. The molecule has 0 amide bonds. The molecule has 2 heteroatoms. The van der Waals surface area contributed by atoms with Gasteiger partial charge in [0.2, 0.25) is 0 Å². The van der Waals surface area contributed by atoms with Crippen LogP contribution in [0.15, 0.2) is 0 Å². The van der Waals surface area contributed by atoms with Crippen molar-refractivity contribution in [3.05, 3.63) is 0 Å². The maximum absolute atomic E-state index is 12.3. The highest BCUT2D eigenvalue weighted by molar-refractivity contribution is 4.90. The Labute approximate surface area is 42.2 Å². The number of rotatable bonds is 0. The van der Waals surface area contributed by atoms with E-state index in [0.29, 0.717) is 12.8 Å². The number of alkyl halides is 1. The Morgan fingerprint density at radius 1 is 1.71 bits per heavy atom. The summed E-state index contributed by atoms with van der Waals surface area (Å²) < 4.78 is 12.3. The summed E-state index contributed by atoms with van der Waals surface area (Å²) in [5.74, 6) is 0. The summed E-state index contributed by atoms with van der Waals surface area (Å²) in [6.45, 7) is 1.51. The summed E-state index contributed by atoms with van der Waals surface area (Å²) in [5.41, 5.74) is -1.06. The molecular weight excluding hydrogens is 95.1 g/mol. The van der Waals surface area contributed by atoms with Crippen LogP contribution in [0.4, 0.5) is 4.39 Å². The molecule has 1 nitrogen and oxygen atoms in total. The maximum Gasteiger partial charge on any atom is 0.113 e. The highest BCUT2D eigenvalue weighted by Gasteiger charge is 2.39. The average molecular weight is 104 g/mol. The summed E-state index contributed by atoms with van der Waals surface area (Å²) in [7, 11) is 0. The Bertz CT molecular complexity index is 72.1. The van der Waals surface area contributed by atoms with Gasteiger partial charge in [-0.2, -0.15) is 0 Å². The van der Waals surface area contributed by atoms with E-state index >= 15 is 0 Å². The first-order valence-corrected chi connectivity index (χ1v) is 2.47. The smallest absolute Gasteiger partial charge is 0.113 e. The molecule has 0 spiro atoms. The molecule has 0 heterocycles. The molecule has 0 aromatic heterocycles. The second kappa shape index (κ2) is 1.19. The number of hydrogen-bond donors (Lipinski definition) is 1. The second-order valence-corrected chi connectivity index (χ2v) is 2.48. The summed E-state index contributed by atoms with van der Waals surface area (Å²) >= 11 is 0. The Kier molecular flexibility index (Phi) is 0.854. The van der Waals surface area contributed by atoms with E-state index in [9.17, 15) is 4.39 Å². The van der Waals surface area contributed by atoms with Gasteiger partial charge in [0.15, 0.2) is 0 Å². The summed E-state index contributed by atoms with van der Waals surface area (Å²) in [6, 6.07) is 0. The van der Waals surface area contributed by atoms with Crippen LogP contribution in [0.5, 0.6) is 0 Å². The van der Waals surface area contributed by atoms with E-state index in [2.05, 4.69) is 0 Å². The van der Waals surface area contributed by atoms with Crippen LogP contribution in [0, 0.1) is 0 Å². The molecule has 1 N–H and O–H groups in total. The fourth-order valence-electron chi connectivity index (χ4n) is 0.923. The van der Waals surface area contributed by atoms with Crippen molar-refractivity contribution >= 4 is 0 Å². The molecule has 1 fully saturated rings. The summed E-state index contributed by atoms with van der Waals surface area (Å²) in [4.78, 5) is 0. The first-order chi connectivity index (χ1) is 3.10. The zero-order valence-electron chi connectivity index (χ0n) is 4.32. The largest absolute Gasteiger partial charge is 0.393 e. The molecule has 0 aromatic rings. The van der Waals surface area contributed by atoms with Crippen LogP contribution in [0.1, 0.15) is 19.8 Å². The van der Waals surface area contributed by atoms with Crippen molar-refractivity contribution in [1.29, 1.82) is 0 Å². The predicted octanol–water partition coefficient (Wildman–Crippen LogP) is 0.869. The Hall–Kier alpha value is -0.110. The van der Waals surface area contributed by atoms with Crippen molar-refractivity contribution in [3.63, 3.8) is 0 Å². The third-order valence-electron chi connectivity index (χ3n) is 1.32. The van der Waals surface area contributed by atoms with Gasteiger partial charge in [-0.25, -0.2) is 4.39 Å². The van der Waals surface area contributed by atoms with Crippen LogP contribution < -0.4 is 0 Å². The quantitative estimate of drug-likeness (QED) is 0.483. The third-order valence-corrected chi connectivity index (χ3v) is 1.32. The topological polar surface area (TPSA) is 20.2 Å². The monoisotopic (exact) mass is 104 g/mol. The number of aliphatic hydroxyl groups excluding tert-OH is 1. The molecule has 0 atom stereocenters. The highest BCUT2D eigenvalue weighted by Crippen LogP contribution is 2.34. The standard InChI is InChI=1S/C5H9FO/c1-5(6)2-4(7)3-5/h4,7H,2-3H2,1H3/t4-,5-. The molecule has 42 valence electrons. The van der Waals surface area contributed by atoms with Crippen LogP contribution in [-0.2, 0) is 0 Å². The second-order valence-electron chi connectivity index (χ2n) is 2.48. The van der Waals surface area contributed by atoms with E-state index in [1.54, 1.807) is 0 Å². The molecule has 1 aliphatic rings. The van der Waals surface area contributed by atoms with E-state index in [4.69, 9.17) is 5.11 Å². The van der Waals surface area contributed by atoms with Gasteiger partial charge < -0.3 is 5.11 Å². The SMILES string of the molecule is C[C@]1(F)C[C@H](O)C1. The number of aliphatic hydroxyl groups is 1. The lowest BCUT2D eigenvalue weighted by atomic mass is 9.81. The molecule has 0 aromatic carbocycles. The van der Waals surface area contributed by atoms with Crippen LogP contribution in [-0.4, -0.2) is 16.9 Å². The van der Waals surface area contributed by atoms with Gasteiger partial charge in [-0.05, 0) is 6.92 Å². The van der Waals surface area contributed by atoms with Gasteiger partial charge >= 0.3 is 0 Å². The lowest BCUT2D eigenvalue weighted by Gasteiger charge is -2.34. The highest BCUT2D eigenvalue weighted by atomic mass is 19.1. The third kappa shape index (κ3) is 0.911. The molecule has 0 saturated heterocycles. The Morgan fingerprint density at radius 3 is 2.14 bits per heavy atom. The Balaban J connectivity index is 2.29. The zero-order chi connectivity index (χ0) is 5.49. The molecule has 0 radical (unpaired) electrons. The molecule has 0 unspecified atom stereocenters. The van der Waals surface area contributed by atoms with Crippen LogP contribution in [0.3, 0.4) is 0 Å². The lowest BCUT2D eigenvalue weighted by Crippen LogP contribution is -2.40. The molecule has 1 aliphatic carbocycles. The van der Waals surface area contributed by atoms with Crippen LogP contribution in [0.25, 0.3) is 0 Å². The first kappa shape index (κ1) is 5.04. The van der Waals surface area contributed by atoms with Gasteiger partial charge in [-0.3, -0.25) is 0 Å². The van der Waals surface area contributed by atoms with Crippen LogP contribution >= 0.6 is 0 Å². The normalized spacial score (nSPS) is 51.0. The van der Waals surface area contributed by atoms with E-state index in [1.165, 1.54) is 6.92 Å². The zero-order valence-corrected chi connectivity index (χ0v) is 4.32. The maximum atomic E-state index is 12.3. The van der Waals surface area contributed by atoms with Gasteiger partial charge in [0.05, 0.1) is 6.10 Å². The van der Waals surface area contributed by atoms with E-state index in [0.717, 1.165) is 0 Å². The van der Waals surface area contributed by atoms with Gasteiger partial charge in [0, 0.05) is 12.8 Å². The van der Waals surface area contributed by atoms with Gasteiger partial charge in [-0.15, -0.1) is 0 Å². The van der Waals surface area contributed by atoms with Crippen molar-refractivity contribution in [3.8, 4) is 0 Å². The minimum Gasteiger partial charge on any atom is -0.393 e. The molecule has 7 heavy (non-hydrogen) atoms. The summed E-state index contributed by atoms with van der Waals surface area (Å²) in [5, 5.41) is 8.54. The average Bonchev–Trinajstić information content (AvgIpc) is 1.27. The van der Waals surface area contributed by atoms with Crippen molar-refractivity contribution < 1.29 is 9.50 Å². The molecule has 0 bridgehead atoms. The predicted molar refractivity (Wildman–Crippen MR) is 24.8 cm³/mol. The number of hydrogen-bond acceptors (Lipinski definition) is 1.